The van der Waals surface area contributed by atoms with Gasteiger partial charge in [-0.15, -0.1) is 0 Å². The van der Waals surface area contributed by atoms with E-state index in [2.05, 4.69) is 36.5 Å². The molecule has 0 amide bonds. The van der Waals surface area contributed by atoms with Gasteiger partial charge in [0.05, 0.1) is 5.02 Å². The Morgan fingerprint density at radius 3 is 2.43 bits per heavy atom. The van der Waals surface area contributed by atoms with E-state index in [1.54, 1.807) is 18.2 Å². The molecule has 0 unspecified atom stereocenters. The van der Waals surface area contributed by atoms with Gasteiger partial charge < -0.3 is 10.1 Å². The Morgan fingerprint density at radius 1 is 1.00 bits per heavy atom. The van der Waals surface area contributed by atoms with Crippen molar-refractivity contribution in [2.24, 2.45) is 0 Å². The summed E-state index contributed by atoms with van der Waals surface area (Å²) in [6.45, 7) is 4.57. The second-order valence-corrected chi connectivity index (χ2v) is 5.70. The lowest BCUT2D eigenvalue weighted by molar-refractivity contribution is 0.306. The Balaban J connectivity index is 1.90. The predicted molar refractivity (Wildman–Crippen MR) is 89.2 cm³/mol. The first kappa shape index (κ1) is 16.2. The minimum Gasteiger partial charge on any atom is -0.487 e. The molecular formula is C17H19Cl2NO. The van der Waals surface area contributed by atoms with Crippen LogP contribution in [0, 0.1) is 0 Å². The lowest BCUT2D eigenvalue weighted by Crippen LogP contribution is -2.13. The van der Waals surface area contributed by atoms with Crippen LogP contribution in [-0.4, -0.2) is 6.54 Å². The molecule has 0 aliphatic carbocycles. The second-order valence-electron chi connectivity index (χ2n) is 4.86. The Bertz CT molecular complexity index is 570. The highest BCUT2D eigenvalue weighted by Crippen LogP contribution is 2.28. The topological polar surface area (TPSA) is 21.3 Å². The fraction of sp³-hybridized carbons (Fsp3) is 0.294. The van der Waals surface area contributed by atoms with Gasteiger partial charge in [-0.2, -0.15) is 0 Å². The molecule has 0 bridgehead atoms. The fourth-order valence-corrected chi connectivity index (χ4v) is 2.25. The maximum absolute atomic E-state index is 6.07. The van der Waals surface area contributed by atoms with E-state index in [-0.39, 0.29) is 0 Å². The minimum atomic E-state index is 0.475. The summed E-state index contributed by atoms with van der Waals surface area (Å²) in [5, 5.41) is 4.57. The third kappa shape index (κ3) is 5.24. The largest absolute Gasteiger partial charge is 0.487 e. The molecule has 0 aromatic heterocycles. The Labute approximate surface area is 136 Å². The average Bonchev–Trinajstić information content (AvgIpc) is 2.50. The highest BCUT2D eigenvalue weighted by atomic mass is 35.5. The van der Waals surface area contributed by atoms with Crippen LogP contribution in [0.3, 0.4) is 0 Å². The molecule has 0 aliphatic rings. The van der Waals surface area contributed by atoms with Gasteiger partial charge in [0.15, 0.2) is 0 Å². The van der Waals surface area contributed by atoms with Crippen molar-refractivity contribution in [3.05, 3.63) is 63.6 Å². The van der Waals surface area contributed by atoms with E-state index in [9.17, 15) is 0 Å². The molecule has 0 radical (unpaired) electrons. The zero-order chi connectivity index (χ0) is 15.1. The first-order chi connectivity index (χ1) is 10.2. The first-order valence-electron chi connectivity index (χ1n) is 7.05. The van der Waals surface area contributed by atoms with Crippen molar-refractivity contribution in [3.63, 3.8) is 0 Å². The third-order valence-corrected chi connectivity index (χ3v) is 3.61. The van der Waals surface area contributed by atoms with Gasteiger partial charge in [-0.1, -0.05) is 54.4 Å². The zero-order valence-corrected chi connectivity index (χ0v) is 13.5. The van der Waals surface area contributed by atoms with Gasteiger partial charge in [-0.05, 0) is 36.2 Å². The molecule has 21 heavy (non-hydrogen) atoms. The first-order valence-corrected chi connectivity index (χ1v) is 7.81. The van der Waals surface area contributed by atoms with E-state index in [1.165, 1.54) is 5.56 Å². The van der Waals surface area contributed by atoms with Gasteiger partial charge in [0.1, 0.15) is 12.4 Å². The van der Waals surface area contributed by atoms with E-state index in [0.29, 0.717) is 22.4 Å². The maximum Gasteiger partial charge on any atom is 0.139 e. The molecule has 0 saturated carbocycles. The van der Waals surface area contributed by atoms with Crippen LogP contribution in [0.15, 0.2) is 42.5 Å². The molecule has 2 aromatic carbocycles. The summed E-state index contributed by atoms with van der Waals surface area (Å²) < 4.78 is 5.71. The van der Waals surface area contributed by atoms with Gasteiger partial charge in [-0.25, -0.2) is 0 Å². The lowest BCUT2D eigenvalue weighted by atomic mass is 10.1. The van der Waals surface area contributed by atoms with Crippen molar-refractivity contribution in [1.29, 1.82) is 0 Å². The van der Waals surface area contributed by atoms with Crippen LogP contribution in [0.1, 0.15) is 24.5 Å². The monoisotopic (exact) mass is 323 g/mol. The van der Waals surface area contributed by atoms with E-state index in [1.807, 2.05) is 0 Å². The molecule has 0 spiro atoms. The summed E-state index contributed by atoms with van der Waals surface area (Å²) in [6, 6.07) is 13.6. The van der Waals surface area contributed by atoms with Gasteiger partial charge in [0.25, 0.3) is 0 Å². The number of hydrogen-bond acceptors (Lipinski definition) is 2. The SMILES string of the molecule is CCCNCc1ccc(COc2cc(Cl)ccc2Cl)cc1. The van der Waals surface area contributed by atoms with Crippen LogP contribution in [0.25, 0.3) is 0 Å². The molecule has 112 valence electrons. The number of rotatable bonds is 7. The normalized spacial score (nSPS) is 10.6. The highest BCUT2D eigenvalue weighted by molar-refractivity contribution is 6.34. The number of ether oxygens (including phenoxy) is 1. The molecular weight excluding hydrogens is 305 g/mol. The van der Waals surface area contributed by atoms with Crippen molar-refractivity contribution < 1.29 is 4.74 Å². The predicted octanol–water partition coefficient (Wildman–Crippen LogP) is 5.07. The molecule has 0 heterocycles. The van der Waals surface area contributed by atoms with Crippen molar-refractivity contribution in [2.75, 3.05) is 6.54 Å². The van der Waals surface area contributed by atoms with Crippen molar-refractivity contribution in [3.8, 4) is 5.75 Å². The summed E-state index contributed by atoms with van der Waals surface area (Å²) >= 11 is 12.0. The summed E-state index contributed by atoms with van der Waals surface area (Å²) in [4.78, 5) is 0. The minimum absolute atomic E-state index is 0.475. The van der Waals surface area contributed by atoms with E-state index < -0.39 is 0 Å². The summed E-state index contributed by atoms with van der Waals surface area (Å²) in [7, 11) is 0. The molecule has 0 saturated heterocycles. The maximum atomic E-state index is 6.07. The van der Waals surface area contributed by atoms with Gasteiger partial charge in [0.2, 0.25) is 0 Å². The molecule has 2 nitrogen and oxygen atoms in total. The molecule has 2 rings (SSSR count). The summed E-state index contributed by atoms with van der Waals surface area (Å²) in [5.41, 5.74) is 2.37. The van der Waals surface area contributed by atoms with Crippen molar-refractivity contribution in [1.82, 2.24) is 5.32 Å². The molecule has 2 aromatic rings. The van der Waals surface area contributed by atoms with E-state index >= 15 is 0 Å². The molecule has 0 fully saturated rings. The Kier molecular flexibility index (Phi) is 6.37. The van der Waals surface area contributed by atoms with Crippen LogP contribution >= 0.6 is 23.2 Å². The zero-order valence-electron chi connectivity index (χ0n) is 12.0. The van der Waals surface area contributed by atoms with Crippen LogP contribution in [0.2, 0.25) is 10.0 Å². The lowest BCUT2D eigenvalue weighted by Gasteiger charge is -2.09. The van der Waals surface area contributed by atoms with E-state index in [4.69, 9.17) is 27.9 Å². The van der Waals surface area contributed by atoms with E-state index in [0.717, 1.165) is 25.1 Å². The van der Waals surface area contributed by atoms with Gasteiger partial charge >= 0.3 is 0 Å². The van der Waals surface area contributed by atoms with Gasteiger partial charge in [0, 0.05) is 17.6 Å². The van der Waals surface area contributed by atoms with Crippen LogP contribution in [0.4, 0.5) is 0 Å². The molecule has 0 aliphatic heterocycles. The number of benzene rings is 2. The summed E-state index contributed by atoms with van der Waals surface area (Å²) in [5.74, 6) is 0.609. The standard InChI is InChI=1S/C17H19Cl2NO/c1-2-9-20-11-13-3-5-14(6-4-13)12-21-17-10-15(18)7-8-16(17)19/h3-8,10,20H,2,9,11-12H2,1H3. The Morgan fingerprint density at radius 2 is 1.71 bits per heavy atom. The van der Waals surface area contributed by atoms with Crippen LogP contribution in [0.5, 0.6) is 5.75 Å². The smallest absolute Gasteiger partial charge is 0.139 e. The van der Waals surface area contributed by atoms with Crippen molar-refractivity contribution in [2.45, 2.75) is 26.5 Å². The highest BCUT2D eigenvalue weighted by Gasteiger charge is 2.03. The quantitative estimate of drug-likeness (QED) is 0.718. The molecule has 0 atom stereocenters. The van der Waals surface area contributed by atoms with Crippen LogP contribution < -0.4 is 10.1 Å². The second kappa shape index (κ2) is 8.28. The number of halogens is 2. The fourth-order valence-electron chi connectivity index (χ4n) is 1.91. The molecule has 4 heteroatoms. The average molecular weight is 324 g/mol. The number of nitrogens with one attached hydrogen (secondary N) is 1. The third-order valence-electron chi connectivity index (χ3n) is 3.07. The van der Waals surface area contributed by atoms with Gasteiger partial charge in [-0.3, -0.25) is 0 Å². The summed E-state index contributed by atoms with van der Waals surface area (Å²) in [6.07, 6.45) is 1.15. The molecule has 1 N–H and O–H groups in total. The van der Waals surface area contributed by atoms with Crippen molar-refractivity contribution >= 4 is 23.2 Å². The Hall–Kier alpha value is -1.22. The number of hydrogen-bond donors (Lipinski definition) is 1. The van der Waals surface area contributed by atoms with Crippen LogP contribution in [-0.2, 0) is 13.2 Å².